The Balaban J connectivity index is 2.52. The highest BCUT2D eigenvalue weighted by Gasteiger charge is 2.18. The molecule has 3 N–H and O–H groups in total. The smallest absolute Gasteiger partial charge is 0.128 e. The molecule has 2 aromatic carbocycles. The van der Waals surface area contributed by atoms with E-state index in [1.54, 1.807) is 18.2 Å². The molecule has 1 atom stereocenters. The maximum atomic E-state index is 14.0. The van der Waals surface area contributed by atoms with Crippen molar-refractivity contribution in [2.24, 2.45) is 5.84 Å². The van der Waals surface area contributed by atoms with Gasteiger partial charge in [-0.05, 0) is 48.7 Å². The van der Waals surface area contributed by atoms with Crippen molar-refractivity contribution in [1.29, 1.82) is 0 Å². The SMILES string of the molecule is Cc1ccc(C(NN)c2cc(F)ccc2C)c(F)c1. The molecule has 4 heteroatoms. The van der Waals surface area contributed by atoms with Crippen molar-refractivity contribution in [2.45, 2.75) is 19.9 Å². The predicted molar refractivity (Wildman–Crippen MR) is 71.4 cm³/mol. The van der Waals surface area contributed by atoms with Crippen LogP contribution in [-0.4, -0.2) is 0 Å². The standard InChI is InChI=1S/C15H16F2N2/c1-9-3-6-12(14(17)7-9)15(19-18)13-8-11(16)5-4-10(13)2/h3-8,15,19H,18H2,1-2H3. The highest BCUT2D eigenvalue weighted by Crippen LogP contribution is 2.27. The largest absolute Gasteiger partial charge is 0.271 e. The van der Waals surface area contributed by atoms with Gasteiger partial charge < -0.3 is 0 Å². The van der Waals surface area contributed by atoms with Crippen LogP contribution >= 0.6 is 0 Å². The number of benzene rings is 2. The number of hydrogen-bond acceptors (Lipinski definition) is 2. The molecule has 0 spiro atoms. The molecule has 0 bridgehead atoms. The van der Waals surface area contributed by atoms with E-state index in [9.17, 15) is 8.78 Å². The Morgan fingerprint density at radius 3 is 2.37 bits per heavy atom. The van der Waals surface area contributed by atoms with E-state index in [2.05, 4.69) is 5.43 Å². The number of halogens is 2. The fourth-order valence-electron chi connectivity index (χ4n) is 2.14. The van der Waals surface area contributed by atoms with Crippen LogP contribution in [0.5, 0.6) is 0 Å². The van der Waals surface area contributed by atoms with Gasteiger partial charge in [-0.1, -0.05) is 18.2 Å². The lowest BCUT2D eigenvalue weighted by Gasteiger charge is -2.20. The zero-order valence-corrected chi connectivity index (χ0v) is 10.9. The van der Waals surface area contributed by atoms with E-state index in [-0.39, 0.29) is 11.6 Å². The molecule has 0 aliphatic heterocycles. The molecule has 100 valence electrons. The molecule has 0 heterocycles. The summed E-state index contributed by atoms with van der Waals surface area (Å²) in [7, 11) is 0. The summed E-state index contributed by atoms with van der Waals surface area (Å²) in [5.41, 5.74) is 5.27. The molecular weight excluding hydrogens is 246 g/mol. The van der Waals surface area contributed by atoms with Crippen molar-refractivity contribution in [3.63, 3.8) is 0 Å². The lowest BCUT2D eigenvalue weighted by molar-refractivity contribution is 0.553. The third kappa shape index (κ3) is 2.80. The molecule has 0 amide bonds. The first-order valence-electron chi connectivity index (χ1n) is 6.01. The highest BCUT2D eigenvalue weighted by atomic mass is 19.1. The van der Waals surface area contributed by atoms with Crippen LogP contribution in [0.2, 0.25) is 0 Å². The summed E-state index contributed by atoms with van der Waals surface area (Å²) in [6.45, 7) is 3.65. The van der Waals surface area contributed by atoms with Gasteiger partial charge in [0.2, 0.25) is 0 Å². The van der Waals surface area contributed by atoms with Gasteiger partial charge in [0, 0.05) is 5.56 Å². The first-order valence-corrected chi connectivity index (χ1v) is 6.01. The van der Waals surface area contributed by atoms with Crippen LogP contribution in [0, 0.1) is 25.5 Å². The van der Waals surface area contributed by atoms with Crippen molar-refractivity contribution in [3.8, 4) is 0 Å². The number of rotatable bonds is 3. The Morgan fingerprint density at radius 2 is 1.74 bits per heavy atom. The molecule has 0 saturated carbocycles. The Labute approximate surface area is 111 Å². The third-order valence-electron chi connectivity index (χ3n) is 3.19. The van der Waals surface area contributed by atoms with E-state index >= 15 is 0 Å². The van der Waals surface area contributed by atoms with Crippen molar-refractivity contribution in [2.75, 3.05) is 0 Å². The van der Waals surface area contributed by atoms with Crippen molar-refractivity contribution in [3.05, 3.63) is 70.3 Å². The van der Waals surface area contributed by atoms with Gasteiger partial charge >= 0.3 is 0 Å². The fourth-order valence-corrected chi connectivity index (χ4v) is 2.14. The number of nitrogens with one attached hydrogen (secondary N) is 1. The second-order valence-electron chi connectivity index (χ2n) is 4.63. The molecule has 0 aliphatic carbocycles. The summed E-state index contributed by atoms with van der Waals surface area (Å²) in [5.74, 6) is 4.80. The van der Waals surface area contributed by atoms with E-state index in [0.717, 1.165) is 11.1 Å². The van der Waals surface area contributed by atoms with Crippen molar-refractivity contribution in [1.82, 2.24) is 5.43 Å². The average molecular weight is 262 g/mol. The Bertz CT molecular complexity index is 597. The van der Waals surface area contributed by atoms with Crippen LogP contribution in [0.1, 0.15) is 28.3 Å². The van der Waals surface area contributed by atoms with E-state index < -0.39 is 6.04 Å². The quantitative estimate of drug-likeness (QED) is 0.658. The predicted octanol–water partition coefficient (Wildman–Crippen LogP) is 3.13. The first kappa shape index (κ1) is 13.6. The zero-order chi connectivity index (χ0) is 14.0. The molecule has 0 aliphatic rings. The Hall–Kier alpha value is -1.78. The number of aryl methyl sites for hydroxylation is 2. The van der Waals surface area contributed by atoms with Gasteiger partial charge in [-0.25, -0.2) is 14.2 Å². The highest BCUT2D eigenvalue weighted by molar-refractivity contribution is 5.38. The second-order valence-corrected chi connectivity index (χ2v) is 4.63. The van der Waals surface area contributed by atoms with Gasteiger partial charge in [-0.15, -0.1) is 0 Å². The van der Waals surface area contributed by atoms with Gasteiger partial charge in [0.15, 0.2) is 0 Å². The Kier molecular flexibility index (Phi) is 3.93. The Morgan fingerprint density at radius 1 is 1.00 bits per heavy atom. The molecule has 19 heavy (non-hydrogen) atoms. The summed E-state index contributed by atoms with van der Waals surface area (Å²) in [4.78, 5) is 0. The van der Waals surface area contributed by atoms with Gasteiger partial charge in [-0.2, -0.15) is 0 Å². The van der Waals surface area contributed by atoms with Crippen molar-refractivity contribution >= 4 is 0 Å². The van der Waals surface area contributed by atoms with Crippen LogP contribution in [0.25, 0.3) is 0 Å². The summed E-state index contributed by atoms with van der Waals surface area (Å²) in [6.07, 6.45) is 0. The zero-order valence-electron chi connectivity index (χ0n) is 10.9. The molecule has 2 rings (SSSR count). The minimum atomic E-state index is -0.573. The van der Waals surface area contributed by atoms with Gasteiger partial charge in [0.1, 0.15) is 11.6 Å². The summed E-state index contributed by atoms with van der Waals surface area (Å²) in [6, 6.07) is 8.74. The monoisotopic (exact) mass is 262 g/mol. The third-order valence-corrected chi connectivity index (χ3v) is 3.19. The number of nitrogens with two attached hydrogens (primary N) is 1. The van der Waals surface area contributed by atoms with Crippen LogP contribution < -0.4 is 11.3 Å². The molecule has 0 saturated heterocycles. The molecule has 0 aromatic heterocycles. The first-order chi connectivity index (χ1) is 9.02. The van der Waals surface area contributed by atoms with Gasteiger partial charge in [-0.3, -0.25) is 5.84 Å². The molecule has 1 unspecified atom stereocenters. The minimum Gasteiger partial charge on any atom is -0.271 e. The lowest BCUT2D eigenvalue weighted by atomic mass is 9.94. The van der Waals surface area contributed by atoms with Crippen LogP contribution in [-0.2, 0) is 0 Å². The van der Waals surface area contributed by atoms with Gasteiger partial charge in [0.25, 0.3) is 0 Å². The summed E-state index contributed by atoms with van der Waals surface area (Å²) >= 11 is 0. The average Bonchev–Trinajstić information content (AvgIpc) is 2.36. The van der Waals surface area contributed by atoms with Crippen LogP contribution in [0.15, 0.2) is 36.4 Å². The van der Waals surface area contributed by atoms with E-state index in [4.69, 9.17) is 5.84 Å². The van der Waals surface area contributed by atoms with Crippen LogP contribution in [0.4, 0.5) is 8.78 Å². The molecule has 2 aromatic rings. The van der Waals surface area contributed by atoms with E-state index in [1.165, 1.54) is 18.2 Å². The normalized spacial score (nSPS) is 12.5. The number of hydrazine groups is 1. The van der Waals surface area contributed by atoms with E-state index in [0.29, 0.717) is 11.1 Å². The van der Waals surface area contributed by atoms with Crippen molar-refractivity contribution < 1.29 is 8.78 Å². The van der Waals surface area contributed by atoms with Gasteiger partial charge in [0.05, 0.1) is 6.04 Å². The summed E-state index contributed by atoms with van der Waals surface area (Å²) in [5, 5.41) is 0. The molecular formula is C15H16F2N2. The molecule has 2 nitrogen and oxygen atoms in total. The minimum absolute atomic E-state index is 0.355. The maximum absolute atomic E-state index is 14.0. The molecule has 0 fully saturated rings. The molecule has 0 radical (unpaired) electrons. The lowest BCUT2D eigenvalue weighted by Crippen LogP contribution is -2.30. The van der Waals surface area contributed by atoms with Crippen LogP contribution in [0.3, 0.4) is 0 Å². The topological polar surface area (TPSA) is 38.0 Å². The fraction of sp³-hybridized carbons (Fsp3) is 0.200. The maximum Gasteiger partial charge on any atom is 0.128 e. The second kappa shape index (κ2) is 5.47. The summed E-state index contributed by atoms with van der Waals surface area (Å²) < 4.78 is 27.4. The van der Waals surface area contributed by atoms with E-state index in [1.807, 2.05) is 13.8 Å². The number of hydrogen-bond donors (Lipinski definition) is 2.